The van der Waals surface area contributed by atoms with Gasteiger partial charge in [-0.1, -0.05) is 13.0 Å². The third-order valence-electron chi connectivity index (χ3n) is 3.39. The van der Waals surface area contributed by atoms with Gasteiger partial charge in [-0.2, -0.15) is 0 Å². The van der Waals surface area contributed by atoms with Crippen molar-refractivity contribution in [1.29, 1.82) is 0 Å². The Balaban J connectivity index is 2.08. The molecule has 0 saturated carbocycles. The summed E-state index contributed by atoms with van der Waals surface area (Å²) in [6.07, 6.45) is 1.63. The molecule has 1 aromatic carbocycles. The topological polar surface area (TPSA) is 58.6 Å². The van der Waals surface area contributed by atoms with E-state index in [1.54, 1.807) is 11.9 Å². The van der Waals surface area contributed by atoms with Gasteiger partial charge in [0.25, 0.3) is 0 Å². The summed E-state index contributed by atoms with van der Waals surface area (Å²) < 4.78 is 5.57. The van der Waals surface area contributed by atoms with E-state index in [1.807, 2.05) is 25.1 Å². The van der Waals surface area contributed by atoms with Gasteiger partial charge in [0.05, 0.1) is 18.7 Å². The summed E-state index contributed by atoms with van der Waals surface area (Å²) >= 11 is 0. The lowest BCUT2D eigenvalue weighted by Gasteiger charge is -2.17. The quantitative estimate of drug-likeness (QED) is 0.906. The van der Waals surface area contributed by atoms with E-state index in [2.05, 4.69) is 5.32 Å². The summed E-state index contributed by atoms with van der Waals surface area (Å²) in [5, 5.41) is 2.84. The van der Waals surface area contributed by atoms with Crippen molar-refractivity contribution in [3.63, 3.8) is 0 Å². The number of hydrogen-bond donors (Lipinski definition) is 1. The molecule has 1 aromatic rings. The van der Waals surface area contributed by atoms with Crippen molar-refractivity contribution in [3.8, 4) is 5.75 Å². The van der Waals surface area contributed by atoms with Crippen LogP contribution in [0.5, 0.6) is 5.75 Å². The fourth-order valence-electron chi connectivity index (χ4n) is 2.12. The monoisotopic (exact) mass is 276 g/mol. The van der Waals surface area contributed by atoms with Crippen molar-refractivity contribution < 1.29 is 14.3 Å². The van der Waals surface area contributed by atoms with Crippen LogP contribution in [0.15, 0.2) is 18.2 Å². The number of benzene rings is 1. The van der Waals surface area contributed by atoms with E-state index in [0.717, 1.165) is 23.4 Å². The van der Waals surface area contributed by atoms with Crippen LogP contribution in [0.3, 0.4) is 0 Å². The van der Waals surface area contributed by atoms with Crippen LogP contribution in [-0.2, 0) is 16.0 Å². The van der Waals surface area contributed by atoms with Crippen LogP contribution in [-0.4, -0.2) is 32.0 Å². The van der Waals surface area contributed by atoms with Gasteiger partial charge in [0.1, 0.15) is 5.75 Å². The van der Waals surface area contributed by atoms with E-state index >= 15 is 0 Å². The van der Waals surface area contributed by atoms with E-state index < -0.39 is 0 Å². The summed E-state index contributed by atoms with van der Waals surface area (Å²) in [6, 6.07) is 5.82. The highest BCUT2D eigenvalue weighted by Gasteiger charge is 2.19. The lowest BCUT2D eigenvalue weighted by atomic mass is 10.1. The van der Waals surface area contributed by atoms with E-state index in [9.17, 15) is 9.59 Å². The van der Waals surface area contributed by atoms with Gasteiger partial charge in [-0.05, 0) is 24.1 Å². The molecule has 1 aliphatic rings. The van der Waals surface area contributed by atoms with E-state index in [0.29, 0.717) is 26.0 Å². The van der Waals surface area contributed by atoms with E-state index in [4.69, 9.17) is 4.74 Å². The number of nitrogens with zero attached hydrogens (tertiary/aromatic N) is 1. The maximum Gasteiger partial charge on any atom is 0.230 e. The molecule has 0 atom stereocenters. The Bertz CT molecular complexity index is 514. The molecular formula is C15H20N2O3. The van der Waals surface area contributed by atoms with Crippen molar-refractivity contribution in [2.24, 2.45) is 0 Å². The van der Waals surface area contributed by atoms with Crippen molar-refractivity contribution in [1.82, 2.24) is 5.32 Å². The molecule has 5 nitrogen and oxygen atoms in total. The number of fused-ring (bicyclic) bond motifs is 1. The van der Waals surface area contributed by atoms with Crippen LogP contribution in [0.2, 0.25) is 0 Å². The highest BCUT2D eigenvalue weighted by atomic mass is 16.5. The van der Waals surface area contributed by atoms with Crippen LogP contribution in [0.1, 0.15) is 25.3 Å². The number of rotatable bonds is 4. The van der Waals surface area contributed by atoms with Gasteiger partial charge in [-0.15, -0.1) is 0 Å². The minimum atomic E-state index is 0.0513. The largest absolute Gasteiger partial charge is 0.491 e. The molecule has 1 heterocycles. The molecule has 108 valence electrons. The Morgan fingerprint density at radius 1 is 1.45 bits per heavy atom. The number of carbonyl (C=O) groups excluding carboxylic acids is 2. The number of carbonyl (C=O) groups is 2. The highest BCUT2D eigenvalue weighted by molar-refractivity contribution is 5.95. The lowest BCUT2D eigenvalue weighted by Crippen LogP contribution is -2.26. The number of anilines is 1. The predicted octanol–water partition coefficient (Wildman–Crippen LogP) is 1.50. The Kier molecular flexibility index (Phi) is 4.61. The fourth-order valence-corrected chi connectivity index (χ4v) is 2.12. The molecule has 0 aromatic heterocycles. The minimum absolute atomic E-state index is 0.0513. The molecule has 0 saturated heterocycles. The minimum Gasteiger partial charge on any atom is -0.491 e. The zero-order chi connectivity index (χ0) is 14.5. The molecule has 0 spiro atoms. The van der Waals surface area contributed by atoms with Gasteiger partial charge >= 0.3 is 0 Å². The zero-order valence-corrected chi connectivity index (χ0v) is 11.9. The molecule has 2 rings (SSSR count). The summed E-state index contributed by atoms with van der Waals surface area (Å²) in [6.45, 7) is 2.85. The lowest BCUT2D eigenvalue weighted by molar-refractivity contribution is -0.121. The molecule has 0 unspecified atom stereocenters. The molecule has 0 aliphatic carbocycles. The first-order valence-corrected chi connectivity index (χ1v) is 6.90. The van der Waals surface area contributed by atoms with Crippen LogP contribution in [0.4, 0.5) is 5.69 Å². The van der Waals surface area contributed by atoms with Gasteiger partial charge in [-0.25, -0.2) is 0 Å². The summed E-state index contributed by atoms with van der Waals surface area (Å²) in [4.78, 5) is 24.6. The molecule has 0 bridgehead atoms. The normalized spacial score (nSPS) is 14.3. The molecule has 1 aliphatic heterocycles. The van der Waals surface area contributed by atoms with Gasteiger partial charge in [0.15, 0.2) is 0 Å². The van der Waals surface area contributed by atoms with Gasteiger partial charge < -0.3 is 15.0 Å². The summed E-state index contributed by atoms with van der Waals surface area (Å²) in [7, 11) is 1.76. The Morgan fingerprint density at radius 3 is 3.00 bits per heavy atom. The first-order chi connectivity index (χ1) is 9.61. The summed E-state index contributed by atoms with van der Waals surface area (Å²) in [5.41, 5.74) is 1.87. The molecule has 0 fully saturated rings. The highest BCUT2D eigenvalue weighted by Crippen LogP contribution is 2.31. The van der Waals surface area contributed by atoms with E-state index in [-0.39, 0.29) is 11.8 Å². The van der Waals surface area contributed by atoms with Crippen LogP contribution in [0, 0.1) is 0 Å². The third kappa shape index (κ3) is 3.29. The SMILES string of the molecule is CCC(=O)NCCc1ccc2c(c1)N(C)C(=O)CCO2. The van der Waals surface area contributed by atoms with Gasteiger partial charge in [-0.3, -0.25) is 9.59 Å². The molecule has 0 radical (unpaired) electrons. The first-order valence-electron chi connectivity index (χ1n) is 6.90. The molecular weight excluding hydrogens is 256 g/mol. The standard InChI is InChI=1S/C15H20N2O3/c1-3-14(18)16-8-6-11-4-5-13-12(10-11)17(2)15(19)7-9-20-13/h4-5,10H,3,6-9H2,1-2H3,(H,16,18). The molecule has 2 amide bonds. The predicted molar refractivity (Wildman–Crippen MR) is 77.0 cm³/mol. The molecule has 1 N–H and O–H groups in total. The zero-order valence-electron chi connectivity index (χ0n) is 11.9. The average molecular weight is 276 g/mol. The average Bonchev–Trinajstić information content (AvgIpc) is 2.59. The Labute approximate surface area is 118 Å². The second-order valence-corrected chi connectivity index (χ2v) is 4.81. The van der Waals surface area contributed by atoms with Crippen LogP contribution in [0.25, 0.3) is 0 Å². The Morgan fingerprint density at radius 2 is 2.25 bits per heavy atom. The molecule has 20 heavy (non-hydrogen) atoms. The van der Waals surface area contributed by atoms with Crippen LogP contribution < -0.4 is 15.0 Å². The van der Waals surface area contributed by atoms with Crippen LogP contribution >= 0.6 is 0 Å². The van der Waals surface area contributed by atoms with E-state index in [1.165, 1.54) is 0 Å². The van der Waals surface area contributed by atoms with Gasteiger partial charge in [0.2, 0.25) is 11.8 Å². The first kappa shape index (κ1) is 14.4. The summed E-state index contributed by atoms with van der Waals surface area (Å²) in [5.74, 6) is 0.843. The van der Waals surface area contributed by atoms with Crippen molar-refractivity contribution in [3.05, 3.63) is 23.8 Å². The number of ether oxygens (including phenoxy) is 1. The third-order valence-corrected chi connectivity index (χ3v) is 3.39. The maximum absolute atomic E-state index is 11.8. The smallest absolute Gasteiger partial charge is 0.230 e. The fraction of sp³-hybridized carbons (Fsp3) is 0.467. The number of hydrogen-bond acceptors (Lipinski definition) is 3. The van der Waals surface area contributed by atoms with Gasteiger partial charge in [0, 0.05) is 20.0 Å². The second-order valence-electron chi connectivity index (χ2n) is 4.81. The Hall–Kier alpha value is -2.04. The van der Waals surface area contributed by atoms with Crippen molar-refractivity contribution in [2.45, 2.75) is 26.2 Å². The van der Waals surface area contributed by atoms with Crippen molar-refractivity contribution in [2.75, 3.05) is 25.1 Å². The maximum atomic E-state index is 11.8. The molecule has 5 heteroatoms. The second kappa shape index (κ2) is 6.41. The number of amides is 2. The number of nitrogens with one attached hydrogen (secondary N) is 1. The van der Waals surface area contributed by atoms with Crippen molar-refractivity contribution >= 4 is 17.5 Å².